The van der Waals surface area contributed by atoms with Gasteiger partial charge in [0.15, 0.2) is 0 Å². The lowest BCUT2D eigenvalue weighted by atomic mass is 9.84. The summed E-state index contributed by atoms with van der Waals surface area (Å²) in [5.41, 5.74) is 5.04. The number of phenolic OH excluding ortho intramolecular Hbond substituents is 1. The van der Waals surface area contributed by atoms with E-state index in [0.29, 0.717) is 12.8 Å². The molecule has 0 spiro atoms. The summed E-state index contributed by atoms with van der Waals surface area (Å²) in [4.78, 5) is -0.00755. The predicted molar refractivity (Wildman–Crippen MR) is 77.8 cm³/mol. The summed E-state index contributed by atoms with van der Waals surface area (Å²) in [5.74, 6) is -0.157. The van der Waals surface area contributed by atoms with E-state index in [1.165, 1.54) is 18.2 Å². The number of sulfonamides is 1. The molecule has 0 saturated heterocycles. The fourth-order valence-corrected chi connectivity index (χ4v) is 3.00. The normalized spacial score (nSPS) is 12.6. The topological polar surface area (TPSA) is 113 Å². The summed E-state index contributed by atoms with van der Waals surface area (Å²) in [6.07, 6.45) is 1.33. The second-order valence-electron chi connectivity index (χ2n) is 4.91. The third kappa shape index (κ3) is 3.62. The van der Waals surface area contributed by atoms with Crippen LogP contribution >= 0.6 is 0 Å². The first-order valence-electron chi connectivity index (χ1n) is 6.49. The third-order valence-corrected chi connectivity index (χ3v) is 5.18. The van der Waals surface area contributed by atoms with Crippen LogP contribution in [0, 0.1) is 5.41 Å². The number of nitrogens with one attached hydrogen (secondary N) is 1. The molecule has 7 heteroatoms. The van der Waals surface area contributed by atoms with Gasteiger partial charge in [-0.2, -0.15) is 0 Å². The SMILES string of the molecule is CCC(CC)(CO)CNS(=O)(=O)c1ccc(O)c(N)c1. The van der Waals surface area contributed by atoms with Crippen molar-refractivity contribution in [2.24, 2.45) is 5.41 Å². The molecule has 1 aromatic carbocycles. The molecule has 0 saturated carbocycles. The van der Waals surface area contributed by atoms with Crippen LogP contribution in [-0.4, -0.2) is 31.8 Å². The zero-order valence-electron chi connectivity index (χ0n) is 11.8. The van der Waals surface area contributed by atoms with Crippen LogP contribution in [0.5, 0.6) is 5.75 Å². The van der Waals surface area contributed by atoms with Crippen molar-refractivity contribution in [1.82, 2.24) is 4.72 Å². The van der Waals surface area contributed by atoms with Gasteiger partial charge in [-0.1, -0.05) is 13.8 Å². The summed E-state index contributed by atoms with van der Waals surface area (Å²) >= 11 is 0. The minimum Gasteiger partial charge on any atom is -0.506 e. The molecule has 0 bridgehead atoms. The number of nitrogens with two attached hydrogens (primary N) is 1. The van der Waals surface area contributed by atoms with Gasteiger partial charge in [0, 0.05) is 18.6 Å². The van der Waals surface area contributed by atoms with Gasteiger partial charge in [-0.3, -0.25) is 0 Å². The molecule has 1 aromatic rings. The lowest BCUT2D eigenvalue weighted by Crippen LogP contribution is -2.39. The van der Waals surface area contributed by atoms with Gasteiger partial charge >= 0.3 is 0 Å². The van der Waals surface area contributed by atoms with Gasteiger partial charge in [0.2, 0.25) is 10.0 Å². The minimum absolute atomic E-state index is 0.00674. The van der Waals surface area contributed by atoms with Crippen molar-refractivity contribution in [2.75, 3.05) is 18.9 Å². The smallest absolute Gasteiger partial charge is 0.240 e. The Balaban J connectivity index is 2.92. The highest BCUT2D eigenvalue weighted by atomic mass is 32.2. The molecule has 20 heavy (non-hydrogen) atoms. The maximum atomic E-state index is 12.2. The van der Waals surface area contributed by atoms with Crippen molar-refractivity contribution in [2.45, 2.75) is 31.6 Å². The van der Waals surface area contributed by atoms with Crippen LogP contribution in [0.25, 0.3) is 0 Å². The van der Waals surface area contributed by atoms with Gasteiger partial charge in [-0.15, -0.1) is 0 Å². The first-order valence-corrected chi connectivity index (χ1v) is 7.97. The first-order chi connectivity index (χ1) is 9.30. The van der Waals surface area contributed by atoms with E-state index in [0.717, 1.165) is 0 Å². The zero-order valence-corrected chi connectivity index (χ0v) is 12.6. The molecule has 1 rings (SSSR count). The molecule has 6 nitrogen and oxygen atoms in total. The fourth-order valence-electron chi connectivity index (χ4n) is 1.81. The number of nitrogen functional groups attached to an aromatic ring is 1. The number of aliphatic hydroxyl groups is 1. The summed E-state index contributed by atoms with van der Waals surface area (Å²) < 4.78 is 26.8. The second kappa shape index (κ2) is 6.43. The van der Waals surface area contributed by atoms with E-state index in [1.807, 2.05) is 13.8 Å². The summed E-state index contributed by atoms with van der Waals surface area (Å²) in [6.45, 7) is 3.89. The summed E-state index contributed by atoms with van der Waals surface area (Å²) in [5, 5.41) is 18.7. The molecule has 0 unspecified atom stereocenters. The van der Waals surface area contributed by atoms with E-state index < -0.39 is 15.4 Å². The number of benzene rings is 1. The quantitative estimate of drug-likeness (QED) is 0.444. The van der Waals surface area contributed by atoms with E-state index >= 15 is 0 Å². The average Bonchev–Trinajstić information content (AvgIpc) is 2.44. The largest absolute Gasteiger partial charge is 0.506 e. The van der Waals surface area contributed by atoms with Gasteiger partial charge in [0.25, 0.3) is 0 Å². The Kier molecular flexibility index (Phi) is 5.38. The van der Waals surface area contributed by atoms with E-state index in [-0.39, 0.29) is 29.5 Å². The molecule has 0 aromatic heterocycles. The predicted octanol–water partition coefficient (Wildman–Crippen LogP) is 1.05. The van der Waals surface area contributed by atoms with Crippen LogP contribution < -0.4 is 10.5 Å². The maximum Gasteiger partial charge on any atom is 0.240 e. The van der Waals surface area contributed by atoms with Crippen molar-refractivity contribution in [1.29, 1.82) is 0 Å². The number of aliphatic hydroxyl groups excluding tert-OH is 1. The van der Waals surface area contributed by atoms with Crippen molar-refractivity contribution in [3.8, 4) is 5.75 Å². The Morgan fingerprint density at radius 1 is 1.30 bits per heavy atom. The number of phenols is 1. The van der Waals surface area contributed by atoms with Crippen molar-refractivity contribution in [3.63, 3.8) is 0 Å². The molecule has 0 amide bonds. The molecule has 0 fully saturated rings. The van der Waals surface area contributed by atoms with Crippen LogP contribution in [0.1, 0.15) is 26.7 Å². The van der Waals surface area contributed by atoms with Crippen molar-refractivity contribution < 1.29 is 18.6 Å². The monoisotopic (exact) mass is 302 g/mol. The third-order valence-electron chi connectivity index (χ3n) is 3.78. The standard InChI is InChI=1S/C13H22N2O4S/c1-3-13(4-2,9-16)8-15-20(18,19)10-5-6-12(17)11(14)7-10/h5-7,15-17H,3-4,8-9,14H2,1-2H3. The summed E-state index contributed by atoms with van der Waals surface area (Å²) in [7, 11) is -3.72. The van der Waals surface area contributed by atoms with E-state index in [1.54, 1.807) is 0 Å². The highest BCUT2D eigenvalue weighted by molar-refractivity contribution is 7.89. The highest BCUT2D eigenvalue weighted by Crippen LogP contribution is 2.26. The lowest BCUT2D eigenvalue weighted by Gasteiger charge is -2.29. The molecule has 0 radical (unpaired) electrons. The molecule has 0 atom stereocenters. The number of aromatic hydroxyl groups is 1. The van der Waals surface area contributed by atoms with Crippen LogP contribution in [-0.2, 0) is 10.0 Å². The Bertz CT molecular complexity index is 545. The molecule has 0 aliphatic heterocycles. The number of rotatable bonds is 7. The van der Waals surface area contributed by atoms with Gasteiger partial charge in [0.1, 0.15) is 5.75 Å². The summed E-state index contributed by atoms with van der Waals surface area (Å²) in [6, 6.07) is 3.73. The van der Waals surface area contributed by atoms with Crippen LogP contribution in [0.2, 0.25) is 0 Å². The Morgan fingerprint density at radius 3 is 2.35 bits per heavy atom. The second-order valence-corrected chi connectivity index (χ2v) is 6.68. The van der Waals surface area contributed by atoms with Gasteiger partial charge in [-0.25, -0.2) is 13.1 Å². The van der Waals surface area contributed by atoms with Gasteiger partial charge < -0.3 is 15.9 Å². The van der Waals surface area contributed by atoms with Gasteiger partial charge in [-0.05, 0) is 31.0 Å². The maximum absolute atomic E-state index is 12.2. The van der Waals surface area contributed by atoms with Gasteiger partial charge in [0.05, 0.1) is 10.6 Å². The lowest BCUT2D eigenvalue weighted by molar-refractivity contribution is 0.119. The average molecular weight is 302 g/mol. The van der Waals surface area contributed by atoms with Crippen molar-refractivity contribution in [3.05, 3.63) is 18.2 Å². The van der Waals surface area contributed by atoms with E-state index in [2.05, 4.69) is 4.72 Å². The molecule has 0 aliphatic rings. The fraction of sp³-hybridized carbons (Fsp3) is 0.538. The van der Waals surface area contributed by atoms with Crippen LogP contribution in [0.4, 0.5) is 5.69 Å². The van der Waals surface area contributed by atoms with E-state index in [9.17, 15) is 18.6 Å². The van der Waals surface area contributed by atoms with Crippen LogP contribution in [0.15, 0.2) is 23.1 Å². The van der Waals surface area contributed by atoms with E-state index in [4.69, 9.17) is 5.73 Å². The number of hydrogen-bond donors (Lipinski definition) is 4. The Labute approximate surface area is 119 Å². The van der Waals surface area contributed by atoms with Crippen molar-refractivity contribution >= 4 is 15.7 Å². The highest BCUT2D eigenvalue weighted by Gasteiger charge is 2.28. The molecular weight excluding hydrogens is 280 g/mol. The molecular formula is C13H22N2O4S. The van der Waals surface area contributed by atoms with Crippen LogP contribution in [0.3, 0.4) is 0 Å². The zero-order chi connectivity index (χ0) is 15.4. The number of anilines is 1. The molecule has 0 heterocycles. The first kappa shape index (κ1) is 16.7. The molecule has 5 N–H and O–H groups in total. The molecule has 0 aliphatic carbocycles. The Morgan fingerprint density at radius 2 is 1.90 bits per heavy atom. The minimum atomic E-state index is -3.72. The molecule has 114 valence electrons. The number of hydrogen-bond acceptors (Lipinski definition) is 5. The Hall–Kier alpha value is -1.31.